The van der Waals surface area contributed by atoms with Gasteiger partial charge in [0.15, 0.2) is 6.10 Å². The van der Waals surface area contributed by atoms with Crippen LogP contribution < -0.4 is 5.43 Å². The standard InChI is InChI=1S/C23H24ClN3O6/c1-14(2)32-23(31)19(28)13-27(25-22(30)20-11-21(29)26-33-20)12-15-6-8-16(9-7-15)17-4-3-5-18(24)10-17/h3-11,14,19,28H,12-13H2,1-2H3,(H,25,30)(H,26,29)/t19-/m1/s1. The van der Waals surface area contributed by atoms with E-state index in [1.807, 2.05) is 42.5 Å². The molecule has 2 aromatic carbocycles. The third-order valence-corrected chi connectivity index (χ3v) is 4.72. The maximum Gasteiger partial charge on any atom is 0.336 e. The summed E-state index contributed by atoms with van der Waals surface area (Å²) in [6.07, 6.45) is -1.90. The number of hydrogen-bond donors (Lipinski definition) is 3. The smallest absolute Gasteiger partial charge is 0.336 e. The predicted octanol–water partition coefficient (Wildman–Crippen LogP) is 3.16. The highest BCUT2D eigenvalue weighted by atomic mass is 35.5. The molecule has 3 N–H and O–H groups in total. The van der Waals surface area contributed by atoms with E-state index in [0.717, 1.165) is 22.8 Å². The first-order valence-corrected chi connectivity index (χ1v) is 10.5. The average molecular weight is 474 g/mol. The van der Waals surface area contributed by atoms with E-state index in [9.17, 15) is 19.8 Å². The lowest BCUT2D eigenvalue weighted by Crippen LogP contribution is -2.47. The molecule has 1 atom stereocenters. The Morgan fingerprint density at radius 3 is 2.48 bits per heavy atom. The van der Waals surface area contributed by atoms with Crippen LogP contribution in [0.1, 0.15) is 30.0 Å². The number of carbonyl (C=O) groups excluding carboxylic acids is 2. The molecule has 0 bridgehead atoms. The molecular formula is C23H24ClN3O6. The molecule has 0 saturated carbocycles. The van der Waals surface area contributed by atoms with Gasteiger partial charge < -0.3 is 19.5 Å². The number of aromatic hydroxyl groups is 1. The summed E-state index contributed by atoms with van der Waals surface area (Å²) in [5.74, 6) is -2.18. The second kappa shape index (κ2) is 11.0. The van der Waals surface area contributed by atoms with Crippen LogP contribution in [0.15, 0.2) is 59.1 Å². The zero-order chi connectivity index (χ0) is 24.0. The molecule has 0 aliphatic rings. The predicted molar refractivity (Wildman–Crippen MR) is 120 cm³/mol. The Bertz CT molecular complexity index is 1100. The summed E-state index contributed by atoms with van der Waals surface area (Å²) in [4.78, 5) is 24.5. The lowest BCUT2D eigenvalue weighted by atomic mass is 10.0. The number of rotatable bonds is 9. The van der Waals surface area contributed by atoms with E-state index in [1.54, 1.807) is 19.9 Å². The van der Waals surface area contributed by atoms with Gasteiger partial charge in [-0.25, -0.2) is 9.80 Å². The van der Waals surface area contributed by atoms with Crippen molar-refractivity contribution in [2.75, 3.05) is 6.54 Å². The molecular weight excluding hydrogens is 450 g/mol. The van der Waals surface area contributed by atoms with Crippen LogP contribution in [-0.4, -0.2) is 51.0 Å². The molecule has 9 nitrogen and oxygen atoms in total. The maximum atomic E-state index is 12.5. The van der Waals surface area contributed by atoms with Gasteiger partial charge in [0.1, 0.15) is 0 Å². The van der Waals surface area contributed by atoms with Gasteiger partial charge in [-0.2, -0.15) is 0 Å². The molecule has 0 spiro atoms. The van der Waals surface area contributed by atoms with Crippen molar-refractivity contribution in [3.05, 3.63) is 70.9 Å². The second-order valence-corrected chi connectivity index (χ2v) is 8.02. The summed E-state index contributed by atoms with van der Waals surface area (Å²) >= 11 is 6.06. The van der Waals surface area contributed by atoms with Crippen LogP contribution in [0.25, 0.3) is 11.1 Å². The van der Waals surface area contributed by atoms with Gasteiger partial charge in [0, 0.05) is 11.6 Å². The Morgan fingerprint density at radius 1 is 1.15 bits per heavy atom. The van der Waals surface area contributed by atoms with Crippen molar-refractivity contribution in [1.29, 1.82) is 0 Å². The molecule has 0 fully saturated rings. The summed E-state index contributed by atoms with van der Waals surface area (Å²) in [5.41, 5.74) is 5.26. The van der Waals surface area contributed by atoms with Gasteiger partial charge in [-0.15, -0.1) is 0 Å². The Kier molecular flexibility index (Phi) is 8.05. The molecule has 0 unspecified atom stereocenters. The minimum absolute atomic E-state index is 0.160. The van der Waals surface area contributed by atoms with E-state index in [0.29, 0.717) is 5.02 Å². The van der Waals surface area contributed by atoms with Crippen LogP contribution in [-0.2, 0) is 16.1 Å². The number of nitrogens with zero attached hydrogens (tertiary/aromatic N) is 2. The Labute approximate surface area is 195 Å². The average Bonchev–Trinajstić information content (AvgIpc) is 3.20. The summed E-state index contributed by atoms with van der Waals surface area (Å²) in [6.45, 7) is 3.26. The zero-order valence-corrected chi connectivity index (χ0v) is 18.8. The van der Waals surface area contributed by atoms with Gasteiger partial charge in [0.2, 0.25) is 5.76 Å². The van der Waals surface area contributed by atoms with Gasteiger partial charge in [-0.1, -0.05) is 48.0 Å². The van der Waals surface area contributed by atoms with Crippen molar-refractivity contribution in [3.8, 4) is 17.0 Å². The fourth-order valence-electron chi connectivity index (χ4n) is 3.01. The quantitative estimate of drug-likeness (QED) is 0.319. The third-order valence-electron chi connectivity index (χ3n) is 4.48. The van der Waals surface area contributed by atoms with Crippen molar-refractivity contribution in [2.45, 2.75) is 32.6 Å². The molecule has 0 aliphatic carbocycles. The number of esters is 1. The van der Waals surface area contributed by atoms with Crippen molar-refractivity contribution >= 4 is 23.5 Å². The highest BCUT2D eigenvalue weighted by Crippen LogP contribution is 2.23. The Hall–Kier alpha value is -3.40. The largest absolute Gasteiger partial charge is 0.491 e. The Balaban J connectivity index is 1.74. The zero-order valence-electron chi connectivity index (χ0n) is 18.1. The van der Waals surface area contributed by atoms with E-state index < -0.39 is 30.0 Å². The van der Waals surface area contributed by atoms with E-state index >= 15 is 0 Å². The molecule has 33 heavy (non-hydrogen) atoms. The number of hydrogen-bond acceptors (Lipinski definition) is 8. The van der Waals surface area contributed by atoms with Gasteiger partial charge in [0.05, 0.1) is 18.7 Å². The lowest BCUT2D eigenvalue weighted by Gasteiger charge is -2.25. The molecule has 174 valence electrons. The number of aromatic nitrogens is 1. The van der Waals surface area contributed by atoms with Crippen LogP contribution in [0.5, 0.6) is 5.88 Å². The topological polar surface area (TPSA) is 125 Å². The minimum atomic E-state index is -1.50. The molecule has 0 aliphatic heterocycles. The van der Waals surface area contributed by atoms with E-state index in [1.165, 1.54) is 5.01 Å². The van der Waals surface area contributed by atoms with Gasteiger partial charge in [-0.3, -0.25) is 10.2 Å². The van der Waals surface area contributed by atoms with Crippen LogP contribution in [0.2, 0.25) is 5.02 Å². The minimum Gasteiger partial charge on any atom is -0.491 e. The van der Waals surface area contributed by atoms with Crippen molar-refractivity contribution in [1.82, 2.24) is 15.6 Å². The van der Waals surface area contributed by atoms with Gasteiger partial charge in [0.25, 0.3) is 5.88 Å². The van der Waals surface area contributed by atoms with Crippen LogP contribution in [0.4, 0.5) is 0 Å². The lowest BCUT2D eigenvalue weighted by molar-refractivity contribution is -0.158. The molecule has 1 aromatic heterocycles. The van der Waals surface area contributed by atoms with Gasteiger partial charge >= 0.3 is 11.9 Å². The molecule has 10 heteroatoms. The first kappa shape index (κ1) is 24.2. The summed E-state index contributed by atoms with van der Waals surface area (Å²) in [6, 6.07) is 16.0. The molecule has 0 radical (unpaired) electrons. The molecule has 1 amide bonds. The first-order valence-electron chi connectivity index (χ1n) is 10.2. The fourth-order valence-corrected chi connectivity index (χ4v) is 3.20. The molecule has 3 rings (SSSR count). The van der Waals surface area contributed by atoms with Gasteiger partial charge in [-0.05, 0) is 47.8 Å². The van der Waals surface area contributed by atoms with E-state index in [2.05, 4.69) is 10.6 Å². The fraction of sp³-hybridized carbons (Fsp3) is 0.261. The molecule has 1 heterocycles. The number of aliphatic hydroxyl groups is 1. The number of carbonyl (C=O) groups is 2. The number of halogens is 1. The monoisotopic (exact) mass is 473 g/mol. The number of nitrogens with one attached hydrogen (secondary N) is 1. The highest BCUT2D eigenvalue weighted by Gasteiger charge is 2.24. The van der Waals surface area contributed by atoms with Crippen LogP contribution in [0.3, 0.4) is 0 Å². The molecule has 0 saturated heterocycles. The van der Waals surface area contributed by atoms with Crippen LogP contribution in [0, 0.1) is 0 Å². The maximum absolute atomic E-state index is 12.5. The van der Waals surface area contributed by atoms with Crippen molar-refractivity contribution in [3.63, 3.8) is 0 Å². The SMILES string of the molecule is CC(C)OC(=O)[C@H](O)CN(Cc1ccc(-c2cccc(Cl)c2)cc1)NC(=O)c1cc(O)no1. The number of hydrazine groups is 1. The highest BCUT2D eigenvalue weighted by molar-refractivity contribution is 6.30. The van der Waals surface area contributed by atoms with E-state index in [4.69, 9.17) is 20.9 Å². The second-order valence-electron chi connectivity index (χ2n) is 7.58. The summed E-state index contributed by atoms with van der Waals surface area (Å²) in [7, 11) is 0. The van der Waals surface area contributed by atoms with E-state index in [-0.39, 0.29) is 18.8 Å². The third kappa shape index (κ3) is 7.04. The first-order chi connectivity index (χ1) is 15.7. The number of amides is 1. The Morgan fingerprint density at radius 2 is 1.88 bits per heavy atom. The van der Waals surface area contributed by atoms with Crippen LogP contribution >= 0.6 is 11.6 Å². The van der Waals surface area contributed by atoms with Crippen molar-refractivity contribution < 1.29 is 29.1 Å². The summed E-state index contributed by atoms with van der Waals surface area (Å²) in [5, 5.41) is 24.8. The normalized spacial score (nSPS) is 12.1. The summed E-state index contributed by atoms with van der Waals surface area (Å²) < 4.78 is 9.78. The number of benzene rings is 2. The number of aliphatic hydroxyl groups excluding tert-OH is 1. The van der Waals surface area contributed by atoms with Crippen molar-refractivity contribution in [2.24, 2.45) is 0 Å². The molecule has 3 aromatic rings. The number of ether oxygens (including phenoxy) is 1.